The van der Waals surface area contributed by atoms with Crippen molar-refractivity contribution in [3.63, 3.8) is 0 Å². The van der Waals surface area contributed by atoms with Gasteiger partial charge in [0, 0.05) is 49.1 Å². The van der Waals surface area contributed by atoms with Crippen molar-refractivity contribution in [1.82, 2.24) is 14.9 Å². The minimum Gasteiger partial charge on any atom is -0.347 e. The Kier molecular flexibility index (Phi) is 3.79. The molecule has 3 aromatic rings. The van der Waals surface area contributed by atoms with Gasteiger partial charge in [-0.2, -0.15) is 0 Å². The zero-order valence-electron chi connectivity index (χ0n) is 11.7. The molecule has 0 saturated carbocycles. The lowest BCUT2D eigenvalue weighted by molar-refractivity contribution is 0.690. The Hall–Kier alpha value is -2.13. The van der Waals surface area contributed by atoms with Crippen molar-refractivity contribution in [2.75, 3.05) is 0 Å². The van der Waals surface area contributed by atoms with Crippen LogP contribution >= 0.6 is 0 Å². The molecule has 1 N–H and O–H groups in total. The maximum absolute atomic E-state index is 4.04. The van der Waals surface area contributed by atoms with Crippen molar-refractivity contribution in [1.29, 1.82) is 0 Å². The summed E-state index contributed by atoms with van der Waals surface area (Å²) in [6.45, 7) is 4.94. The van der Waals surface area contributed by atoms with E-state index in [1.807, 2.05) is 24.5 Å². The molecule has 20 heavy (non-hydrogen) atoms. The number of pyridine rings is 1. The van der Waals surface area contributed by atoms with Crippen LogP contribution in [0.5, 0.6) is 0 Å². The highest BCUT2D eigenvalue weighted by Crippen LogP contribution is 2.21. The van der Waals surface area contributed by atoms with Crippen LogP contribution in [0.15, 0.2) is 55.0 Å². The van der Waals surface area contributed by atoms with Crippen molar-refractivity contribution in [3.8, 4) is 0 Å². The molecule has 0 radical (unpaired) electrons. The van der Waals surface area contributed by atoms with Crippen LogP contribution < -0.4 is 5.32 Å². The molecule has 0 aliphatic rings. The molecule has 0 bridgehead atoms. The quantitative estimate of drug-likeness (QED) is 0.766. The number of fused-ring (bicyclic) bond motifs is 1. The summed E-state index contributed by atoms with van der Waals surface area (Å²) < 4.78 is 2.30. The predicted molar refractivity (Wildman–Crippen MR) is 82.4 cm³/mol. The summed E-state index contributed by atoms with van der Waals surface area (Å²) in [7, 11) is 0. The summed E-state index contributed by atoms with van der Waals surface area (Å²) >= 11 is 0. The van der Waals surface area contributed by atoms with Gasteiger partial charge in [-0.15, -0.1) is 0 Å². The van der Waals surface area contributed by atoms with Gasteiger partial charge in [0.05, 0.1) is 0 Å². The van der Waals surface area contributed by atoms with Crippen LogP contribution in [0.1, 0.15) is 18.1 Å². The van der Waals surface area contributed by atoms with E-state index >= 15 is 0 Å². The van der Waals surface area contributed by atoms with Crippen LogP contribution in [-0.4, -0.2) is 9.55 Å². The van der Waals surface area contributed by atoms with Crippen LogP contribution in [0.3, 0.4) is 0 Å². The van der Waals surface area contributed by atoms with Crippen LogP contribution in [0, 0.1) is 0 Å². The topological polar surface area (TPSA) is 29.9 Å². The zero-order valence-corrected chi connectivity index (χ0v) is 11.7. The predicted octanol–water partition coefficient (Wildman–Crippen LogP) is 3.35. The van der Waals surface area contributed by atoms with Crippen molar-refractivity contribution >= 4 is 10.9 Å². The van der Waals surface area contributed by atoms with E-state index in [0.717, 1.165) is 19.6 Å². The second-order valence-corrected chi connectivity index (χ2v) is 4.92. The molecular weight excluding hydrogens is 246 g/mol. The van der Waals surface area contributed by atoms with E-state index < -0.39 is 0 Å². The maximum Gasteiger partial charge on any atom is 0.0483 e. The second-order valence-electron chi connectivity index (χ2n) is 4.92. The Labute approximate surface area is 119 Å². The van der Waals surface area contributed by atoms with E-state index in [-0.39, 0.29) is 0 Å². The summed E-state index contributed by atoms with van der Waals surface area (Å²) in [6, 6.07) is 12.7. The first-order valence-electron chi connectivity index (χ1n) is 7.05. The van der Waals surface area contributed by atoms with Gasteiger partial charge in [-0.3, -0.25) is 4.98 Å². The molecule has 0 saturated heterocycles. The number of para-hydroxylation sites is 1. The molecule has 0 aliphatic carbocycles. The van der Waals surface area contributed by atoms with Crippen molar-refractivity contribution in [3.05, 3.63) is 66.1 Å². The van der Waals surface area contributed by atoms with E-state index in [1.54, 1.807) is 0 Å². The molecule has 1 aromatic carbocycles. The van der Waals surface area contributed by atoms with Crippen molar-refractivity contribution in [2.45, 2.75) is 26.6 Å². The smallest absolute Gasteiger partial charge is 0.0483 e. The van der Waals surface area contributed by atoms with E-state index in [1.165, 1.54) is 22.0 Å². The monoisotopic (exact) mass is 265 g/mol. The van der Waals surface area contributed by atoms with E-state index in [0.29, 0.717) is 0 Å². The molecule has 0 atom stereocenters. The first-order valence-corrected chi connectivity index (χ1v) is 7.05. The number of nitrogens with zero attached hydrogens (tertiary/aromatic N) is 2. The van der Waals surface area contributed by atoms with E-state index in [2.05, 4.69) is 52.3 Å². The number of rotatable bonds is 5. The highest BCUT2D eigenvalue weighted by atomic mass is 15.0. The normalized spacial score (nSPS) is 11.1. The lowest BCUT2D eigenvalue weighted by Crippen LogP contribution is -2.12. The third-order valence-corrected chi connectivity index (χ3v) is 3.61. The molecule has 102 valence electrons. The van der Waals surface area contributed by atoms with E-state index in [4.69, 9.17) is 0 Å². The van der Waals surface area contributed by atoms with Crippen LogP contribution in [-0.2, 0) is 19.6 Å². The Balaban J connectivity index is 1.74. The Morgan fingerprint density at radius 3 is 2.65 bits per heavy atom. The number of hydrogen-bond acceptors (Lipinski definition) is 2. The van der Waals surface area contributed by atoms with E-state index in [9.17, 15) is 0 Å². The van der Waals surface area contributed by atoms with Crippen LogP contribution in [0.4, 0.5) is 0 Å². The Morgan fingerprint density at radius 2 is 1.85 bits per heavy atom. The van der Waals surface area contributed by atoms with Gasteiger partial charge in [0.15, 0.2) is 0 Å². The summed E-state index contributed by atoms with van der Waals surface area (Å²) in [5.41, 5.74) is 3.94. The average molecular weight is 265 g/mol. The minimum absolute atomic E-state index is 0.869. The highest BCUT2D eigenvalue weighted by molar-refractivity contribution is 5.83. The Bertz CT molecular complexity index is 686. The molecule has 0 aliphatic heterocycles. The first-order chi connectivity index (χ1) is 9.88. The number of aromatic nitrogens is 2. The van der Waals surface area contributed by atoms with Gasteiger partial charge in [0.25, 0.3) is 0 Å². The molecule has 0 spiro atoms. The third-order valence-electron chi connectivity index (χ3n) is 3.61. The van der Waals surface area contributed by atoms with Gasteiger partial charge in [-0.1, -0.05) is 18.2 Å². The summed E-state index contributed by atoms with van der Waals surface area (Å²) in [5.74, 6) is 0. The molecule has 3 nitrogen and oxygen atoms in total. The number of benzene rings is 1. The van der Waals surface area contributed by atoms with Gasteiger partial charge in [-0.05, 0) is 36.2 Å². The average Bonchev–Trinajstić information content (AvgIpc) is 2.87. The number of nitrogens with one attached hydrogen (secondary N) is 1. The lowest BCUT2D eigenvalue weighted by Gasteiger charge is -2.03. The lowest BCUT2D eigenvalue weighted by atomic mass is 10.2. The summed E-state index contributed by atoms with van der Waals surface area (Å²) in [5, 5.41) is 4.85. The van der Waals surface area contributed by atoms with Crippen molar-refractivity contribution in [2.24, 2.45) is 0 Å². The van der Waals surface area contributed by atoms with Crippen LogP contribution in [0.2, 0.25) is 0 Å². The Morgan fingerprint density at radius 1 is 1.05 bits per heavy atom. The SMILES string of the molecule is CCn1cc(CNCc2ccncc2)c2ccccc21. The molecule has 2 heterocycles. The highest BCUT2D eigenvalue weighted by Gasteiger charge is 2.06. The first kappa shape index (κ1) is 12.9. The van der Waals surface area contributed by atoms with Gasteiger partial charge < -0.3 is 9.88 Å². The fourth-order valence-corrected chi connectivity index (χ4v) is 2.57. The molecule has 3 rings (SSSR count). The minimum atomic E-state index is 0.869. The molecule has 0 unspecified atom stereocenters. The number of hydrogen-bond donors (Lipinski definition) is 1. The van der Waals surface area contributed by atoms with Gasteiger partial charge >= 0.3 is 0 Å². The van der Waals surface area contributed by atoms with Crippen LogP contribution in [0.25, 0.3) is 10.9 Å². The van der Waals surface area contributed by atoms with Gasteiger partial charge in [0.1, 0.15) is 0 Å². The third kappa shape index (κ3) is 2.58. The molecular formula is C17H19N3. The van der Waals surface area contributed by atoms with Crippen molar-refractivity contribution < 1.29 is 0 Å². The number of aryl methyl sites for hydroxylation is 1. The standard InChI is InChI=1S/C17H19N3/c1-2-20-13-15(16-5-3-4-6-17(16)20)12-19-11-14-7-9-18-10-8-14/h3-10,13,19H,2,11-12H2,1H3. The zero-order chi connectivity index (χ0) is 13.8. The molecule has 0 fully saturated rings. The fourth-order valence-electron chi connectivity index (χ4n) is 2.57. The largest absolute Gasteiger partial charge is 0.347 e. The molecule has 0 amide bonds. The summed E-state index contributed by atoms with van der Waals surface area (Å²) in [6.07, 6.45) is 5.92. The second kappa shape index (κ2) is 5.88. The maximum atomic E-state index is 4.04. The molecule has 3 heteroatoms. The fraction of sp³-hybridized carbons (Fsp3) is 0.235. The van der Waals surface area contributed by atoms with Gasteiger partial charge in [0.2, 0.25) is 0 Å². The summed E-state index contributed by atoms with van der Waals surface area (Å²) in [4.78, 5) is 4.04. The molecule has 2 aromatic heterocycles. The van der Waals surface area contributed by atoms with Gasteiger partial charge in [-0.25, -0.2) is 0 Å².